The van der Waals surface area contributed by atoms with Crippen LogP contribution in [-0.2, 0) is 19.1 Å². The number of primary amides is 1. The molecule has 25 heavy (non-hydrogen) atoms. The summed E-state index contributed by atoms with van der Waals surface area (Å²) in [6.45, 7) is 4.72. The molecule has 1 rings (SSSR count). The summed E-state index contributed by atoms with van der Waals surface area (Å²) in [5.41, 5.74) is 5.49. The fourth-order valence-electron chi connectivity index (χ4n) is 2.09. The minimum atomic E-state index is -1.04. The molecule has 1 aromatic rings. The van der Waals surface area contributed by atoms with Crippen molar-refractivity contribution in [2.24, 2.45) is 11.7 Å². The fraction of sp³-hybridized carbons (Fsp3) is 0.412. The predicted molar refractivity (Wildman–Crippen MR) is 88.6 cm³/mol. The van der Waals surface area contributed by atoms with Crippen molar-refractivity contribution in [1.29, 1.82) is 0 Å². The molecule has 0 saturated heterocycles. The van der Waals surface area contributed by atoms with Gasteiger partial charge in [-0.15, -0.1) is 0 Å². The Morgan fingerprint density at radius 1 is 1.24 bits per heavy atom. The van der Waals surface area contributed by atoms with Gasteiger partial charge in [-0.05, 0) is 31.5 Å². The van der Waals surface area contributed by atoms with E-state index in [4.69, 9.17) is 15.2 Å². The molecule has 0 fully saturated rings. The quantitative estimate of drug-likeness (QED) is 0.527. The highest BCUT2D eigenvalue weighted by Gasteiger charge is 2.25. The van der Waals surface area contributed by atoms with Gasteiger partial charge in [0.1, 0.15) is 11.8 Å². The van der Waals surface area contributed by atoms with Crippen molar-refractivity contribution >= 4 is 23.8 Å². The van der Waals surface area contributed by atoms with Crippen LogP contribution in [0.15, 0.2) is 24.3 Å². The molecule has 8 nitrogen and oxygen atoms in total. The van der Waals surface area contributed by atoms with E-state index in [1.807, 2.05) is 0 Å². The molecule has 0 radical (unpaired) electrons. The second-order valence-corrected chi connectivity index (χ2v) is 5.44. The van der Waals surface area contributed by atoms with E-state index in [1.165, 1.54) is 31.2 Å². The second-order valence-electron chi connectivity index (χ2n) is 5.44. The number of hydrogen-bond donors (Lipinski definition) is 2. The molecule has 0 unspecified atom stereocenters. The molecule has 0 aromatic heterocycles. The number of esters is 2. The molecule has 1 aromatic carbocycles. The average molecular weight is 350 g/mol. The first-order chi connectivity index (χ1) is 11.7. The number of nitrogens with one attached hydrogen (secondary N) is 1. The summed E-state index contributed by atoms with van der Waals surface area (Å²) in [4.78, 5) is 46.5. The van der Waals surface area contributed by atoms with E-state index in [1.54, 1.807) is 13.8 Å². The van der Waals surface area contributed by atoms with Crippen molar-refractivity contribution in [2.45, 2.75) is 33.2 Å². The summed E-state index contributed by atoms with van der Waals surface area (Å²) in [5.74, 6) is -2.73. The standard InChI is InChI=1S/C17H22N2O6/c1-4-24-17(23)10(2)8-14(15(18)21)19-16(22)12-6-5-7-13(9-12)25-11(3)20/h5-7,9-10,14H,4,8H2,1-3H3,(H2,18,21)(H,19,22)/t10-,14+/m1/s1. The molecule has 0 spiro atoms. The van der Waals surface area contributed by atoms with Gasteiger partial charge in [0.15, 0.2) is 0 Å². The van der Waals surface area contributed by atoms with E-state index in [2.05, 4.69) is 5.32 Å². The molecule has 0 aliphatic heterocycles. The second kappa shape index (κ2) is 9.41. The normalized spacial score (nSPS) is 12.6. The topological polar surface area (TPSA) is 125 Å². The summed E-state index contributed by atoms with van der Waals surface area (Å²) in [7, 11) is 0. The third-order valence-corrected chi connectivity index (χ3v) is 3.28. The van der Waals surface area contributed by atoms with Crippen LogP contribution in [0, 0.1) is 5.92 Å². The Balaban J connectivity index is 2.81. The summed E-state index contributed by atoms with van der Waals surface area (Å²) < 4.78 is 9.78. The predicted octanol–water partition coefficient (Wildman–Crippen LogP) is 0.785. The molecular weight excluding hydrogens is 328 g/mol. The van der Waals surface area contributed by atoms with Gasteiger partial charge in [0.05, 0.1) is 12.5 Å². The number of amides is 2. The van der Waals surface area contributed by atoms with E-state index < -0.39 is 35.7 Å². The van der Waals surface area contributed by atoms with Crippen LogP contribution in [0.4, 0.5) is 0 Å². The van der Waals surface area contributed by atoms with E-state index in [0.717, 1.165) is 0 Å². The Morgan fingerprint density at radius 3 is 2.48 bits per heavy atom. The number of carbonyl (C=O) groups is 4. The molecule has 0 heterocycles. The zero-order valence-electron chi connectivity index (χ0n) is 14.4. The Hall–Kier alpha value is -2.90. The fourth-order valence-corrected chi connectivity index (χ4v) is 2.09. The maximum Gasteiger partial charge on any atom is 0.308 e. The van der Waals surface area contributed by atoms with Gasteiger partial charge in [-0.2, -0.15) is 0 Å². The molecule has 2 amide bonds. The van der Waals surface area contributed by atoms with Crippen LogP contribution in [0.3, 0.4) is 0 Å². The monoisotopic (exact) mass is 350 g/mol. The molecule has 8 heteroatoms. The van der Waals surface area contributed by atoms with Crippen LogP contribution in [0.5, 0.6) is 5.75 Å². The summed E-state index contributed by atoms with van der Waals surface area (Å²) >= 11 is 0. The molecule has 3 N–H and O–H groups in total. The first kappa shape index (κ1) is 20.1. The Bertz CT molecular complexity index is 658. The SMILES string of the molecule is CCOC(=O)[C@H](C)C[C@H](NC(=O)c1cccc(OC(C)=O)c1)C(N)=O. The van der Waals surface area contributed by atoms with Crippen LogP contribution < -0.4 is 15.8 Å². The van der Waals surface area contributed by atoms with Gasteiger partial charge in [-0.3, -0.25) is 19.2 Å². The van der Waals surface area contributed by atoms with Gasteiger partial charge < -0.3 is 20.5 Å². The number of ether oxygens (including phenoxy) is 2. The zero-order chi connectivity index (χ0) is 19.0. The van der Waals surface area contributed by atoms with Crippen molar-refractivity contribution in [3.63, 3.8) is 0 Å². The van der Waals surface area contributed by atoms with E-state index in [0.29, 0.717) is 0 Å². The third kappa shape index (κ3) is 6.62. The number of benzene rings is 1. The van der Waals surface area contributed by atoms with Crippen molar-refractivity contribution in [3.05, 3.63) is 29.8 Å². The zero-order valence-corrected chi connectivity index (χ0v) is 14.4. The minimum absolute atomic E-state index is 0.0174. The van der Waals surface area contributed by atoms with E-state index in [-0.39, 0.29) is 24.3 Å². The van der Waals surface area contributed by atoms with Crippen LogP contribution in [0.1, 0.15) is 37.6 Å². The van der Waals surface area contributed by atoms with Crippen molar-refractivity contribution in [2.75, 3.05) is 6.61 Å². The largest absolute Gasteiger partial charge is 0.466 e. The maximum absolute atomic E-state index is 12.3. The van der Waals surface area contributed by atoms with Crippen LogP contribution in [0.25, 0.3) is 0 Å². The lowest BCUT2D eigenvalue weighted by molar-refractivity contribution is -0.147. The number of hydrogen-bond acceptors (Lipinski definition) is 6. The number of carbonyl (C=O) groups excluding carboxylic acids is 4. The maximum atomic E-state index is 12.3. The van der Waals surface area contributed by atoms with Gasteiger partial charge in [0, 0.05) is 12.5 Å². The molecule has 0 saturated carbocycles. The lowest BCUT2D eigenvalue weighted by Crippen LogP contribution is -2.46. The highest BCUT2D eigenvalue weighted by atomic mass is 16.5. The van der Waals surface area contributed by atoms with Crippen molar-refractivity contribution < 1.29 is 28.7 Å². The molecular formula is C17H22N2O6. The summed E-state index contributed by atoms with van der Waals surface area (Å²) in [6.07, 6.45) is 0.0174. The van der Waals surface area contributed by atoms with Crippen molar-refractivity contribution in [1.82, 2.24) is 5.32 Å². The smallest absolute Gasteiger partial charge is 0.308 e. The molecule has 2 atom stereocenters. The number of rotatable bonds is 8. The molecule has 0 aliphatic rings. The van der Waals surface area contributed by atoms with E-state index >= 15 is 0 Å². The van der Waals surface area contributed by atoms with Crippen LogP contribution in [-0.4, -0.2) is 36.4 Å². The van der Waals surface area contributed by atoms with Gasteiger partial charge in [0.2, 0.25) is 5.91 Å². The lowest BCUT2D eigenvalue weighted by Gasteiger charge is -2.19. The lowest BCUT2D eigenvalue weighted by atomic mass is 10.0. The third-order valence-electron chi connectivity index (χ3n) is 3.28. The highest BCUT2D eigenvalue weighted by molar-refractivity contribution is 5.97. The van der Waals surface area contributed by atoms with Gasteiger partial charge in [-0.1, -0.05) is 13.0 Å². The number of nitrogens with two attached hydrogens (primary N) is 1. The van der Waals surface area contributed by atoms with Gasteiger partial charge >= 0.3 is 11.9 Å². The first-order valence-electron chi connectivity index (χ1n) is 7.79. The van der Waals surface area contributed by atoms with Gasteiger partial charge in [-0.25, -0.2) is 0 Å². The Kier molecular flexibility index (Phi) is 7.58. The highest BCUT2D eigenvalue weighted by Crippen LogP contribution is 2.15. The summed E-state index contributed by atoms with van der Waals surface area (Å²) in [5, 5.41) is 2.48. The van der Waals surface area contributed by atoms with E-state index in [9.17, 15) is 19.2 Å². The summed E-state index contributed by atoms with van der Waals surface area (Å²) in [6, 6.07) is 4.88. The molecule has 0 aliphatic carbocycles. The van der Waals surface area contributed by atoms with Crippen LogP contribution >= 0.6 is 0 Å². The minimum Gasteiger partial charge on any atom is -0.466 e. The Morgan fingerprint density at radius 2 is 1.92 bits per heavy atom. The van der Waals surface area contributed by atoms with Crippen LogP contribution in [0.2, 0.25) is 0 Å². The first-order valence-corrected chi connectivity index (χ1v) is 7.79. The van der Waals surface area contributed by atoms with Crippen molar-refractivity contribution in [3.8, 4) is 5.75 Å². The van der Waals surface area contributed by atoms with Gasteiger partial charge in [0.25, 0.3) is 5.91 Å². The Labute approximate surface area is 145 Å². The molecule has 136 valence electrons. The average Bonchev–Trinajstić information content (AvgIpc) is 2.53. The molecule has 0 bridgehead atoms.